The van der Waals surface area contributed by atoms with Gasteiger partial charge in [-0.2, -0.15) is 0 Å². The Bertz CT molecular complexity index is 108. The van der Waals surface area contributed by atoms with Crippen molar-refractivity contribution >= 4 is 40.3 Å². The van der Waals surface area contributed by atoms with Gasteiger partial charge in [0, 0.05) is 11.5 Å². The van der Waals surface area contributed by atoms with Gasteiger partial charge in [-0.3, -0.25) is 0 Å². The van der Waals surface area contributed by atoms with Crippen LogP contribution in [0.1, 0.15) is 6.42 Å². The summed E-state index contributed by atoms with van der Waals surface area (Å²) in [6.45, 7) is 2.19. The van der Waals surface area contributed by atoms with Crippen LogP contribution in [0.15, 0.2) is 0 Å². The first-order chi connectivity index (χ1) is 5.33. The molecule has 0 aromatic rings. The molecule has 1 unspecified atom stereocenters. The molecule has 0 aliphatic carbocycles. The minimum Gasteiger partial charge on any atom is -0.344 e. The molecule has 5 heteroatoms. The van der Waals surface area contributed by atoms with E-state index in [0.717, 1.165) is 0 Å². The van der Waals surface area contributed by atoms with E-state index in [-0.39, 0.29) is 7.35 Å². The van der Waals surface area contributed by atoms with Gasteiger partial charge in [-0.1, -0.05) is 21.6 Å². The Balaban J connectivity index is 2.13. The molecule has 1 aliphatic heterocycles. The lowest BCUT2D eigenvalue weighted by Crippen LogP contribution is -2.16. The van der Waals surface area contributed by atoms with Crippen LogP contribution in [-0.4, -0.2) is 30.5 Å². The van der Waals surface area contributed by atoms with E-state index in [1.807, 2.05) is 33.0 Å². The molecule has 0 saturated carbocycles. The SMILES string of the molecule is CSP(C)O[C@@H]1CCSSC1. The molecule has 1 nitrogen and oxygen atoms in total. The molecule has 0 spiro atoms. The molecule has 0 N–H and O–H groups in total. The van der Waals surface area contributed by atoms with Crippen molar-refractivity contribution in [3.05, 3.63) is 0 Å². The second-order valence-electron chi connectivity index (χ2n) is 2.24. The molecule has 2 atom stereocenters. The third-order valence-corrected chi connectivity index (χ3v) is 6.81. The lowest BCUT2D eigenvalue weighted by Gasteiger charge is -2.23. The van der Waals surface area contributed by atoms with Gasteiger partial charge in [-0.25, -0.2) is 0 Å². The first kappa shape index (κ1) is 10.5. The number of hydrogen-bond donors (Lipinski definition) is 0. The zero-order valence-electron chi connectivity index (χ0n) is 6.78. The molecule has 1 saturated heterocycles. The van der Waals surface area contributed by atoms with Crippen molar-refractivity contribution < 1.29 is 4.52 Å². The van der Waals surface area contributed by atoms with Gasteiger partial charge in [0.05, 0.1) is 13.5 Å². The van der Waals surface area contributed by atoms with Crippen molar-refractivity contribution in [2.75, 3.05) is 24.4 Å². The Hall–Kier alpha value is 1.44. The molecule has 0 radical (unpaired) electrons. The Morgan fingerprint density at radius 1 is 1.55 bits per heavy atom. The highest BCUT2D eigenvalue weighted by atomic mass is 33.1. The summed E-state index contributed by atoms with van der Waals surface area (Å²) in [4.78, 5) is 0. The van der Waals surface area contributed by atoms with Gasteiger partial charge in [-0.05, 0) is 19.3 Å². The fraction of sp³-hybridized carbons (Fsp3) is 1.00. The van der Waals surface area contributed by atoms with Crippen LogP contribution in [0.5, 0.6) is 0 Å². The molecule has 0 aromatic carbocycles. The standard InChI is InChI=1S/C6H13OPS3/c1-8(9-2)7-6-3-4-10-11-5-6/h6H,3-5H2,1-2H3/t6-,8?/m1/s1. The minimum absolute atomic E-state index is 0.207. The van der Waals surface area contributed by atoms with Crippen molar-refractivity contribution in [1.82, 2.24) is 0 Å². The third kappa shape index (κ3) is 4.28. The van der Waals surface area contributed by atoms with Gasteiger partial charge in [0.2, 0.25) is 0 Å². The van der Waals surface area contributed by atoms with Crippen LogP contribution in [0, 0.1) is 0 Å². The van der Waals surface area contributed by atoms with Crippen molar-refractivity contribution in [1.29, 1.82) is 0 Å². The molecular formula is C6H13OPS3. The number of hydrogen-bond acceptors (Lipinski definition) is 4. The van der Waals surface area contributed by atoms with Gasteiger partial charge >= 0.3 is 0 Å². The van der Waals surface area contributed by atoms with E-state index >= 15 is 0 Å². The highest BCUT2D eigenvalue weighted by Gasteiger charge is 2.16. The summed E-state index contributed by atoms with van der Waals surface area (Å²) in [6, 6.07) is 0. The van der Waals surface area contributed by atoms with Crippen LogP contribution in [0.4, 0.5) is 0 Å². The Morgan fingerprint density at radius 2 is 2.36 bits per heavy atom. The van der Waals surface area contributed by atoms with Crippen LogP contribution in [0.3, 0.4) is 0 Å². The van der Waals surface area contributed by atoms with Crippen molar-refractivity contribution in [2.24, 2.45) is 0 Å². The van der Waals surface area contributed by atoms with Gasteiger partial charge < -0.3 is 4.52 Å². The maximum Gasteiger partial charge on any atom is 0.0857 e. The summed E-state index contributed by atoms with van der Waals surface area (Å²) in [6.07, 6.45) is 3.89. The largest absolute Gasteiger partial charge is 0.344 e. The molecule has 11 heavy (non-hydrogen) atoms. The predicted octanol–water partition coefficient (Wildman–Crippen LogP) is 3.46. The Labute approximate surface area is 81.8 Å². The summed E-state index contributed by atoms with van der Waals surface area (Å²) >= 11 is 1.84. The number of rotatable bonds is 3. The summed E-state index contributed by atoms with van der Waals surface area (Å²) < 4.78 is 5.83. The van der Waals surface area contributed by atoms with Gasteiger partial charge in [0.1, 0.15) is 0 Å². The summed E-state index contributed by atoms with van der Waals surface area (Å²) in [7, 11) is 3.71. The Morgan fingerprint density at radius 3 is 2.91 bits per heavy atom. The molecular weight excluding hydrogens is 215 g/mol. The molecule has 66 valence electrons. The normalized spacial score (nSPS) is 28.4. The van der Waals surface area contributed by atoms with Crippen molar-refractivity contribution in [2.45, 2.75) is 12.5 Å². The van der Waals surface area contributed by atoms with Gasteiger partial charge in [-0.15, -0.1) is 11.4 Å². The Kier molecular flexibility index (Phi) is 5.72. The van der Waals surface area contributed by atoms with Crippen molar-refractivity contribution in [3.63, 3.8) is 0 Å². The molecule has 1 rings (SSSR count). The average Bonchev–Trinajstić information content (AvgIpc) is 2.06. The maximum atomic E-state index is 5.83. The van der Waals surface area contributed by atoms with E-state index in [0.29, 0.717) is 6.10 Å². The first-order valence-corrected chi connectivity index (χ1v) is 9.54. The van der Waals surface area contributed by atoms with Crippen LogP contribution in [-0.2, 0) is 4.52 Å². The maximum absolute atomic E-state index is 5.83. The molecule has 0 bridgehead atoms. The third-order valence-electron chi connectivity index (χ3n) is 1.42. The van der Waals surface area contributed by atoms with E-state index in [1.165, 1.54) is 17.9 Å². The second kappa shape index (κ2) is 5.98. The fourth-order valence-electron chi connectivity index (χ4n) is 0.782. The van der Waals surface area contributed by atoms with Crippen LogP contribution in [0.2, 0.25) is 0 Å². The van der Waals surface area contributed by atoms with Crippen LogP contribution in [0.25, 0.3) is 0 Å². The summed E-state index contributed by atoms with van der Waals surface area (Å²) in [5, 5.41) is 0. The van der Waals surface area contributed by atoms with Crippen LogP contribution >= 0.6 is 40.3 Å². The molecule has 0 amide bonds. The first-order valence-electron chi connectivity index (χ1n) is 3.52. The predicted molar refractivity (Wildman–Crippen MR) is 60.8 cm³/mol. The zero-order valence-corrected chi connectivity index (χ0v) is 10.1. The minimum atomic E-state index is -0.207. The molecule has 1 aliphatic rings. The quantitative estimate of drug-likeness (QED) is 0.540. The highest BCUT2D eigenvalue weighted by Crippen LogP contribution is 2.48. The van der Waals surface area contributed by atoms with E-state index in [4.69, 9.17) is 4.52 Å². The lowest BCUT2D eigenvalue weighted by atomic mass is 10.3. The fourth-order valence-corrected chi connectivity index (χ4v) is 4.54. The zero-order chi connectivity index (χ0) is 8.10. The summed E-state index contributed by atoms with van der Waals surface area (Å²) in [5.74, 6) is 2.44. The summed E-state index contributed by atoms with van der Waals surface area (Å²) in [5.41, 5.74) is 0. The monoisotopic (exact) mass is 228 g/mol. The van der Waals surface area contributed by atoms with Gasteiger partial charge in [0.25, 0.3) is 0 Å². The van der Waals surface area contributed by atoms with E-state index in [2.05, 4.69) is 12.9 Å². The smallest absolute Gasteiger partial charge is 0.0857 e. The van der Waals surface area contributed by atoms with E-state index in [1.54, 1.807) is 0 Å². The second-order valence-corrected chi connectivity index (χ2v) is 8.97. The van der Waals surface area contributed by atoms with Gasteiger partial charge in [0.15, 0.2) is 0 Å². The van der Waals surface area contributed by atoms with Crippen molar-refractivity contribution in [3.8, 4) is 0 Å². The highest BCUT2D eigenvalue weighted by molar-refractivity contribution is 8.76. The topological polar surface area (TPSA) is 9.23 Å². The molecule has 0 aromatic heterocycles. The average molecular weight is 228 g/mol. The molecule has 1 fully saturated rings. The van der Waals surface area contributed by atoms with E-state index < -0.39 is 0 Å². The van der Waals surface area contributed by atoms with E-state index in [9.17, 15) is 0 Å². The molecule has 1 heterocycles. The lowest BCUT2D eigenvalue weighted by molar-refractivity contribution is 0.256. The van der Waals surface area contributed by atoms with Crippen LogP contribution < -0.4 is 0 Å².